The van der Waals surface area contributed by atoms with E-state index in [1.165, 1.54) is 5.56 Å². The van der Waals surface area contributed by atoms with Crippen LogP contribution in [-0.4, -0.2) is 37.0 Å². The lowest BCUT2D eigenvalue weighted by Gasteiger charge is -2.39. The number of nitrogens with zero attached hydrogens (tertiary/aromatic N) is 1. The molecular formula is C16H22BrNO2. The molecule has 0 radical (unpaired) electrons. The maximum Gasteiger partial charge on any atom is 0.168 e. The highest BCUT2D eigenvalue weighted by Crippen LogP contribution is 2.37. The third-order valence-electron chi connectivity index (χ3n) is 4.50. The van der Waals surface area contributed by atoms with Gasteiger partial charge < -0.3 is 9.47 Å². The van der Waals surface area contributed by atoms with E-state index in [1.54, 1.807) is 0 Å². The second kappa shape index (κ2) is 6.14. The van der Waals surface area contributed by atoms with Crippen LogP contribution in [0, 0.1) is 0 Å². The molecule has 1 saturated heterocycles. The first-order chi connectivity index (χ1) is 9.67. The fourth-order valence-corrected chi connectivity index (χ4v) is 3.54. The Morgan fingerprint density at radius 1 is 1.15 bits per heavy atom. The van der Waals surface area contributed by atoms with Gasteiger partial charge in [0.15, 0.2) is 5.79 Å². The minimum Gasteiger partial charge on any atom is -0.348 e. The van der Waals surface area contributed by atoms with Gasteiger partial charge in [-0.3, -0.25) is 4.90 Å². The molecule has 2 fully saturated rings. The Morgan fingerprint density at radius 2 is 1.75 bits per heavy atom. The van der Waals surface area contributed by atoms with Gasteiger partial charge >= 0.3 is 0 Å². The molecule has 2 aliphatic rings. The smallest absolute Gasteiger partial charge is 0.168 e. The summed E-state index contributed by atoms with van der Waals surface area (Å²) >= 11 is 3.48. The minimum absolute atomic E-state index is 0.241. The van der Waals surface area contributed by atoms with Crippen LogP contribution in [0.25, 0.3) is 0 Å². The summed E-state index contributed by atoms with van der Waals surface area (Å²) in [5.41, 5.74) is 1.37. The van der Waals surface area contributed by atoms with Crippen LogP contribution < -0.4 is 0 Å². The minimum atomic E-state index is -0.241. The molecule has 1 heterocycles. The van der Waals surface area contributed by atoms with Crippen molar-refractivity contribution in [2.75, 3.05) is 20.3 Å². The molecule has 0 amide bonds. The van der Waals surface area contributed by atoms with E-state index in [9.17, 15) is 0 Å². The van der Waals surface area contributed by atoms with Crippen LogP contribution in [0.15, 0.2) is 28.7 Å². The average molecular weight is 340 g/mol. The van der Waals surface area contributed by atoms with Crippen molar-refractivity contribution in [3.8, 4) is 0 Å². The third kappa shape index (κ3) is 3.25. The maximum atomic E-state index is 5.79. The largest absolute Gasteiger partial charge is 0.348 e. The Hall–Kier alpha value is -0.420. The second-order valence-corrected chi connectivity index (χ2v) is 6.80. The Balaban J connectivity index is 1.53. The topological polar surface area (TPSA) is 21.7 Å². The Kier molecular flexibility index (Phi) is 4.46. The van der Waals surface area contributed by atoms with E-state index < -0.39 is 0 Å². The number of halogens is 1. The predicted molar refractivity (Wildman–Crippen MR) is 82.5 cm³/mol. The molecule has 110 valence electrons. The van der Waals surface area contributed by atoms with Crippen LogP contribution in [0.5, 0.6) is 0 Å². The van der Waals surface area contributed by atoms with Gasteiger partial charge in [0.05, 0.1) is 13.2 Å². The summed E-state index contributed by atoms with van der Waals surface area (Å²) in [7, 11) is 2.22. The molecule has 4 heteroatoms. The Labute approximate surface area is 129 Å². The zero-order valence-corrected chi connectivity index (χ0v) is 13.6. The molecule has 1 aliphatic heterocycles. The first kappa shape index (κ1) is 14.5. The lowest BCUT2D eigenvalue weighted by Crippen LogP contribution is -2.42. The fraction of sp³-hybridized carbons (Fsp3) is 0.625. The maximum absolute atomic E-state index is 5.79. The number of benzene rings is 1. The van der Waals surface area contributed by atoms with Crippen molar-refractivity contribution in [1.82, 2.24) is 4.90 Å². The van der Waals surface area contributed by atoms with E-state index in [0.717, 1.165) is 49.9 Å². The van der Waals surface area contributed by atoms with Gasteiger partial charge in [0.1, 0.15) is 0 Å². The van der Waals surface area contributed by atoms with E-state index in [-0.39, 0.29) is 5.79 Å². The van der Waals surface area contributed by atoms with Crippen LogP contribution in [-0.2, 0) is 16.0 Å². The van der Waals surface area contributed by atoms with Gasteiger partial charge in [-0.1, -0.05) is 28.1 Å². The fourth-order valence-electron chi connectivity index (χ4n) is 3.28. The van der Waals surface area contributed by atoms with Crippen LogP contribution in [0.3, 0.4) is 0 Å². The highest BCUT2D eigenvalue weighted by Gasteiger charge is 2.40. The molecule has 3 rings (SSSR count). The first-order valence-corrected chi connectivity index (χ1v) is 8.19. The highest BCUT2D eigenvalue weighted by atomic mass is 79.9. The Bertz CT molecular complexity index is 432. The molecule has 0 bridgehead atoms. The quantitative estimate of drug-likeness (QED) is 0.840. The molecule has 3 nitrogen and oxygen atoms in total. The zero-order chi connectivity index (χ0) is 14.0. The van der Waals surface area contributed by atoms with Crippen LogP contribution in [0.2, 0.25) is 0 Å². The van der Waals surface area contributed by atoms with Crippen molar-refractivity contribution in [2.45, 2.75) is 44.1 Å². The molecule has 1 aliphatic carbocycles. The van der Waals surface area contributed by atoms with Crippen LogP contribution in [0.4, 0.5) is 0 Å². The lowest BCUT2D eigenvalue weighted by atomic mass is 9.89. The van der Waals surface area contributed by atoms with Gasteiger partial charge in [0.25, 0.3) is 0 Å². The van der Waals surface area contributed by atoms with Gasteiger partial charge in [0.2, 0.25) is 0 Å². The van der Waals surface area contributed by atoms with Gasteiger partial charge in [-0.2, -0.15) is 0 Å². The molecule has 20 heavy (non-hydrogen) atoms. The van der Waals surface area contributed by atoms with Gasteiger partial charge in [-0.05, 0) is 37.6 Å². The molecule has 1 spiro atoms. The summed E-state index contributed by atoms with van der Waals surface area (Å²) in [6.07, 6.45) is 4.38. The molecule has 0 aromatic heterocycles. The molecule has 0 atom stereocenters. The van der Waals surface area contributed by atoms with E-state index in [4.69, 9.17) is 9.47 Å². The number of hydrogen-bond acceptors (Lipinski definition) is 3. The standard InChI is InChI=1S/C16H22BrNO2/c1-18(12-13-2-4-14(17)5-3-13)15-6-8-16(9-7-15)19-10-11-20-16/h2-5,15H,6-12H2,1H3. The van der Waals surface area contributed by atoms with Gasteiger partial charge in [-0.15, -0.1) is 0 Å². The van der Waals surface area contributed by atoms with E-state index in [2.05, 4.69) is 52.1 Å². The average Bonchev–Trinajstić information content (AvgIpc) is 2.90. The van der Waals surface area contributed by atoms with Crippen LogP contribution in [0.1, 0.15) is 31.2 Å². The Morgan fingerprint density at radius 3 is 2.35 bits per heavy atom. The second-order valence-electron chi connectivity index (χ2n) is 5.88. The molecule has 0 unspecified atom stereocenters. The summed E-state index contributed by atoms with van der Waals surface area (Å²) in [5, 5.41) is 0. The third-order valence-corrected chi connectivity index (χ3v) is 5.03. The predicted octanol–water partition coefficient (Wildman–Crippen LogP) is 3.57. The summed E-state index contributed by atoms with van der Waals surface area (Å²) < 4.78 is 12.7. The highest BCUT2D eigenvalue weighted by molar-refractivity contribution is 9.10. The number of hydrogen-bond donors (Lipinski definition) is 0. The number of ether oxygens (including phenoxy) is 2. The lowest BCUT2D eigenvalue weighted by molar-refractivity contribution is -0.183. The van der Waals surface area contributed by atoms with E-state index in [0.29, 0.717) is 6.04 Å². The van der Waals surface area contributed by atoms with Crippen molar-refractivity contribution in [3.05, 3.63) is 34.3 Å². The van der Waals surface area contributed by atoms with Crippen molar-refractivity contribution in [3.63, 3.8) is 0 Å². The molecule has 1 aromatic rings. The van der Waals surface area contributed by atoms with E-state index >= 15 is 0 Å². The first-order valence-electron chi connectivity index (χ1n) is 7.39. The molecule has 1 aromatic carbocycles. The monoisotopic (exact) mass is 339 g/mol. The SMILES string of the molecule is CN(Cc1ccc(Br)cc1)C1CCC2(CC1)OCCO2. The van der Waals surface area contributed by atoms with Crippen molar-refractivity contribution in [1.29, 1.82) is 0 Å². The summed E-state index contributed by atoms with van der Waals surface area (Å²) in [6.45, 7) is 2.53. The summed E-state index contributed by atoms with van der Waals surface area (Å²) in [5.74, 6) is -0.241. The normalized spacial score (nSPS) is 22.8. The summed E-state index contributed by atoms with van der Waals surface area (Å²) in [4.78, 5) is 2.46. The molecular weight excluding hydrogens is 318 g/mol. The molecule has 1 saturated carbocycles. The van der Waals surface area contributed by atoms with Crippen LogP contribution >= 0.6 is 15.9 Å². The van der Waals surface area contributed by atoms with Gasteiger partial charge in [0, 0.05) is 29.9 Å². The van der Waals surface area contributed by atoms with Gasteiger partial charge in [-0.25, -0.2) is 0 Å². The summed E-state index contributed by atoms with van der Waals surface area (Å²) in [6, 6.07) is 9.23. The molecule has 0 N–H and O–H groups in total. The number of rotatable bonds is 3. The van der Waals surface area contributed by atoms with Crippen molar-refractivity contribution in [2.24, 2.45) is 0 Å². The zero-order valence-electron chi connectivity index (χ0n) is 12.0. The van der Waals surface area contributed by atoms with Crippen molar-refractivity contribution < 1.29 is 9.47 Å². The van der Waals surface area contributed by atoms with Crippen molar-refractivity contribution >= 4 is 15.9 Å². The van der Waals surface area contributed by atoms with E-state index in [1.807, 2.05) is 0 Å².